The second kappa shape index (κ2) is 7.84. The first-order chi connectivity index (χ1) is 14.6. The van der Waals surface area contributed by atoms with Crippen molar-refractivity contribution in [1.82, 2.24) is 35.3 Å². The van der Waals surface area contributed by atoms with Gasteiger partial charge in [0.05, 0.1) is 18.3 Å². The minimum Gasteiger partial charge on any atom is -0.338 e. The van der Waals surface area contributed by atoms with Gasteiger partial charge in [-0.15, -0.1) is 11.3 Å². The number of carbonyl (C=O) groups is 1. The lowest BCUT2D eigenvalue weighted by molar-refractivity contribution is 0.108. The first-order valence-corrected chi connectivity index (χ1v) is 11.2. The molecular formula is C20H25N7O2S. The number of piperidine rings is 1. The molecule has 0 radical (unpaired) electrons. The molecule has 0 spiro atoms. The Morgan fingerprint density at radius 3 is 2.80 bits per heavy atom. The number of hydrogen-bond acceptors (Lipinski definition) is 6. The topological polar surface area (TPSA) is 110 Å². The Balaban J connectivity index is 1.28. The van der Waals surface area contributed by atoms with Crippen LogP contribution in [0, 0.1) is 6.92 Å². The molecule has 0 aromatic carbocycles. The van der Waals surface area contributed by atoms with Gasteiger partial charge < -0.3 is 15.2 Å². The zero-order valence-electron chi connectivity index (χ0n) is 16.9. The molecule has 2 aliphatic heterocycles. The summed E-state index contributed by atoms with van der Waals surface area (Å²) in [5, 5.41) is 9.94. The maximum absolute atomic E-state index is 12.6. The van der Waals surface area contributed by atoms with Crippen LogP contribution in [-0.4, -0.2) is 68.2 Å². The van der Waals surface area contributed by atoms with Gasteiger partial charge in [0, 0.05) is 48.4 Å². The van der Waals surface area contributed by atoms with Crippen molar-refractivity contribution >= 4 is 27.6 Å². The number of fused-ring (bicyclic) bond motifs is 1. The highest BCUT2D eigenvalue weighted by atomic mass is 32.1. The number of likely N-dealkylation sites (tertiary alicyclic amines) is 1. The summed E-state index contributed by atoms with van der Waals surface area (Å²) in [6.07, 6.45) is 4.69. The minimum absolute atomic E-state index is 0.0669. The number of nitrogens with one attached hydrogen (secondary N) is 3. The summed E-state index contributed by atoms with van der Waals surface area (Å²) in [5.41, 5.74) is 2.62. The molecule has 9 nitrogen and oxygen atoms in total. The van der Waals surface area contributed by atoms with Gasteiger partial charge in [-0.2, -0.15) is 5.10 Å². The summed E-state index contributed by atoms with van der Waals surface area (Å²) in [4.78, 5) is 37.7. The molecule has 3 N–H and O–H groups in total. The van der Waals surface area contributed by atoms with Gasteiger partial charge in [-0.25, -0.2) is 9.78 Å². The van der Waals surface area contributed by atoms with E-state index in [0.29, 0.717) is 23.1 Å². The largest absolute Gasteiger partial charge is 0.338 e. The van der Waals surface area contributed by atoms with Gasteiger partial charge in [0.1, 0.15) is 10.5 Å². The molecule has 2 saturated heterocycles. The van der Waals surface area contributed by atoms with Crippen LogP contribution < -0.4 is 10.9 Å². The number of aryl methyl sites for hydroxylation is 1. The van der Waals surface area contributed by atoms with Gasteiger partial charge in [0.25, 0.3) is 5.56 Å². The summed E-state index contributed by atoms with van der Waals surface area (Å²) in [5.74, 6) is 0.690. The Hall–Kier alpha value is -2.72. The van der Waals surface area contributed by atoms with E-state index >= 15 is 0 Å². The number of hydrogen-bond donors (Lipinski definition) is 3. The number of aromatic amines is 2. The normalized spacial score (nSPS) is 18.8. The van der Waals surface area contributed by atoms with Crippen LogP contribution in [0.3, 0.4) is 0 Å². The van der Waals surface area contributed by atoms with Crippen molar-refractivity contribution in [1.29, 1.82) is 0 Å². The quantitative estimate of drug-likeness (QED) is 0.590. The Bertz CT molecular complexity index is 1130. The molecule has 5 rings (SSSR count). The standard InChI is InChI=1S/C20H25N7O2S/c1-12-14(10-22-25-12)16-9-15-18(30-16)19(28)24-17(23-15)11-26-7-3-13(4-8-26)27-6-2-5-21-20(27)29/h9-10,13H,2-8,11H2,1H3,(H,21,29)(H,22,25)(H,23,24,28). The first kappa shape index (κ1) is 19.3. The van der Waals surface area contributed by atoms with Gasteiger partial charge >= 0.3 is 6.03 Å². The van der Waals surface area contributed by atoms with Crippen molar-refractivity contribution in [3.8, 4) is 10.4 Å². The molecule has 158 valence electrons. The SMILES string of the molecule is Cc1[nH]ncc1-c1cc2nc(CN3CCC(N4CCCNC4=O)CC3)[nH]c(=O)c2s1. The van der Waals surface area contributed by atoms with Gasteiger partial charge in [-0.3, -0.25) is 14.8 Å². The zero-order chi connectivity index (χ0) is 20.7. The van der Waals surface area contributed by atoms with E-state index in [9.17, 15) is 9.59 Å². The third-order valence-corrected chi connectivity index (χ3v) is 7.17. The van der Waals surface area contributed by atoms with Crippen molar-refractivity contribution in [2.75, 3.05) is 26.2 Å². The maximum atomic E-state index is 12.6. The van der Waals surface area contributed by atoms with Crippen LogP contribution >= 0.6 is 11.3 Å². The predicted molar refractivity (Wildman–Crippen MR) is 116 cm³/mol. The summed E-state index contributed by atoms with van der Waals surface area (Å²) in [7, 11) is 0. The lowest BCUT2D eigenvalue weighted by Gasteiger charge is -2.40. The second-order valence-corrected chi connectivity index (χ2v) is 9.08. The third kappa shape index (κ3) is 3.61. The average Bonchev–Trinajstić information content (AvgIpc) is 3.35. The Morgan fingerprint density at radius 2 is 2.07 bits per heavy atom. The number of aromatic nitrogens is 4. The Morgan fingerprint density at radius 1 is 1.23 bits per heavy atom. The molecule has 3 aromatic heterocycles. The van der Waals surface area contributed by atoms with E-state index in [0.717, 1.165) is 67.1 Å². The molecule has 0 bridgehead atoms. The fourth-order valence-electron chi connectivity index (χ4n) is 4.39. The third-order valence-electron chi connectivity index (χ3n) is 6.01. The number of nitrogens with zero attached hydrogens (tertiary/aromatic N) is 4. The first-order valence-electron chi connectivity index (χ1n) is 10.4. The van der Waals surface area contributed by atoms with Crippen LogP contribution in [0.1, 0.15) is 30.8 Å². The van der Waals surface area contributed by atoms with E-state index in [2.05, 4.69) is 25.4 Å². The second-order valence-electron chi connectivity index (χ2n) is 8.03. The molecule has 10 heteroatoms. The van der Waals surface area contributed by atoms with E-state index in [4.69, 9.17) is 4.98 Å². The van der Waals surface area contributed by atoms with E-state index in [1.54, 1.807) is 6.20 Å². The highest BCUT2D eigenvalue weighted by molar-refractivity contribution is 7.22. The fraction of sp³-hybridized carbons (Fsp3) is 0.500. The molecular weight excluding hydrogens is 402 g/mol. The molecule has 0 aliphatic carbocycles. The average molecular weight is 428 g/mol. The van der Waals surface area contributed by atoms with Crippen LogP contribution in [0.4, 0.5) is 4.79 Å². The van der Waals surface area contributed by atoms with Crippen LogP contribution in [0.5, 0.6) is 0 Å². The lowest BCUT2D eigenvalue weighted by Crippen LogP contribution is -2.54. The highest BCUT2D eigenvalue weighted by Crippen LogP contribution is 2.32. The van der Waals surface area contributed by atoms with Crippen molar-refractivity contribution in [2.45, 2.75) is 38.8 Å². The zero-order valence-corrected chi connectivity index (χ0v) is 17.7. The number of rotatable bonds is 4. The van der Waals surface area contributed by atoms with Crippen LogP contribution in [0.2, 0.25) is 0 Å². The monoisotopic (exact) mass is 427 g/mol. The van der Waals surface area contributed by atoms with Gasteiger partial charge in [-0.1, -0.05) is 0 Å². The number of amides is 2. The lowest BCUT2D eigenvalue weighted by atomic mass is 10.0. The molecule has 2 fully saturated rings. The Kier molecular flexibility index (Phi) is 5.03. The van der Waals surface area contributed by atoms with Gasteiger partial charge in [0.2, 0.25) is 0 Å². The summed E-state index contributed by atoms with van der Waals surface area (Å²) < 4.78 is 0.643. The number of H-pyrrole nitrogens is 2. The number of carbonyl (C=O) groups excluding carboxylic acids is 1. The number of thiophene rings is 1. The molecule has 2 amide bonds. The maximum Gasteiger partial charge on any atom is 0.317 e. The molecule has 3 aromatic rings. The summed E-state index contributed by atoms with van der Waals surface area (Å²) in [6, 6.07) is 2.34. The molecule has 0 saturated carbocycles. The molecule has 30 heavy (non-hydrogen) atoms. The summed E-state index contributed by atoms with van der Waals surface area (Å²) in [6.45, 7) is 5.98. The van der Waals surface area contributed by atoms with Crippen molar-refractivity contribution in [3.05, 3.63) is 34.1 Å². The summed E-state index contributed by atoms with van der Waals surface area (Å²) >= 11 is 1.44. The smallest absolute Gasteiger partial charge is 0.317 e. The molecule has 0 unspecified atom stereocenters. The van der Waals surface area contributed by atoms with E-state index in [1.807, 2.05) is 17.9 Å². The van der Waals surface area contributed by atoms with E-state index < -0.39 is 0 Å². The number of urea groups is 1. The predicted octanol–water partition coefficient (Wildman–Crippen LogP) is 2.06. The van der Waals surface area contributed by atoms with Gasteiger partial charge in [-0.05, 0) is 32.3 Å². The fourth-order valence-corrected chi connectivity index (χ4v) is 5.45. The molecule has 5 heterocycles. The van der Waals surface area contributed by atoms with E-state index in [1.165, 1.54) is 11.3 Å². The van der Waals surface area contributed by atoms with Crippen LogP contribution in [0.15, 0.2) is 17.1 Å². The van der Waals surface area contributed by atoms with Crippen molar-refractivity contribution in [2.24, 2.45) is 0 Å². The molecule has 2 aliphatic rings. The van der Waals surface area contributed by atoms with Crippen molar-refractivity contribution in [3.63, 3.8) is 0 Å². The van der Waals surface area contributed by atoms with Crippen molar-refractivity contribution < 1.29 is 4.79 Å². The van der Waals surface area contributed by atoms with E-state index in [-0.39, 0.29) is 11.6 Å². The Labute approximate surface area is 177 Å². The highest BCUT2D eigenvalue weighted by Gasteiger charge is 2.29. The molecule has 0 atom stereocenters. The minimum atomic E-state index is -0.0905. The van der Waals surface area contributed by atoms with Crippen LogP contribution in [0.25, 0.3) is 20.7 Å². The van der Waals surface area contributed by atoms with Gasteiger partial charge in [0.15, 0.2) is 0 Å². The van der Waals surface area contributed by atoms with Crippen LogP contribution in [-0.2, 0) is 6.54 Å².